The molecule has 0 saturated carbocycles. The summed E-state index contributed by atoms with van der Waals surface area (Å²) in [5.41, 5.74) is -1.52. The van der Waals surface area contributed by atoms with E-state index < -0.39 is 36.1 Å². The number of hydrogen-bond acceptors (Lipinski definition) is 2. The lowest BCUT2D eigenvalue weighted by Crippen LogP contribution is -2.21. The predicted molar refractivity (Wildman–Crippen MR) is 53.0 cm³/mol. The molecule has 1 aromatic carbocycles. The van der Waals surface area contributed by atoms with Crippen molar-refractivity contribution < 1.29 is 35.9 Å². The molecule has 0 saturated heterocycles. The molecule has 0 fully saturated rings. The molecule has 0 bridgehead atoms. The van der Waals surface area contributed by atoms with E-state index in [1.165, 1.54) is 0 Å². The predicted octanol–water partition coefficient (Wildman–Crippen LogP) is 3.85. The molecule has 0 aromatic heterocycles. The highest BCUT2D eigenvalue weighted by molar-refractivity contribution is 5.94. The summed E-state index contributed by atoms with van der Waals surface area (Å²) < 4.78 is 77.7. The van der Waals surface area contributed by atoms with Gasteiger partial charge in [-0.1, -0.05) is 6.07 Å². The van der Waals surface area contributed by atoms with E-state index in [0.29, 0.717) is 12.1 Å². The third kappa shape index (κ3) is 4.46. The van der Waals surface area contributed by atoms with Crippen molar-refractivity contribution in [2.75, 3.05) is 6.61 Å². The Morgan fingerprint density at radius 3 is 2.16 bits per heavy atom. The van der Waals surface area contributed by atoms with E-state index in [2.05, 4.69) is 4.74 Å². The Morgan fingerprint density at radius 1 is 1.16 bits per heavy atom. The molecule has 0 aliphatic heterocycles. The van der Waals surface area contributed by atoms with Crippen LogP contribution in [0.25, 0.3) is 0 Å². The molecule has 1 aromatic rings. The number of halogens is 6. The number of rotatable bonds is 3. The maximum absolute atomic E-state index is 12.6. The number of carbonyl (C=O) groups is 1. The third-order valence-electron chi connectivity index (χ3n) is 2.08. The number of Topliss-reactive ketones (excluding diaryl/α,β-unsaturated/α-hetero) is 1. The van der Waals surface area contributed by atoms with Crippen molar-refractivity contribution in [2.45, 2.75) is 19.3 Å². The average Bonchev–Trinajstić information content (AvgIpc) is 2.23. The van der Waals surface area contributed by atoms with E-state index in [4.69, 9.17) is 0 Å². The standard InChI is InChI=1S/C11H8F6O2/c1-6(18)7-2-3-8(11(15,16)17)9(4-7)19-5-10(12,13)14/h2-4H,5H2,1H3. The molecule has 0 spiro atoms. The molecular formula is C11H8F6O2. The summed E-state index contributed by atoms with van der Waals surface area (Å²) in [6, 6.07) is 2.05. The van der Waals surface area contributed by atoms with Crippen molar-refractivity contribution in [3.63, 3.8) is 0 Å². The number of carbonyl (C=O) groups excluding carboxylic acids is 1. The quantitative estimate of drug-likeness (QED) is 0.623. The smallest absolute Gasteiger partial charge is 0.422 e. The van der Waals surface area contributed by atoms with Gasteiger partial charge in [-0.15, -0.1) is 0 Å². The van der Waals surface area contributed by atoms with Crippen LogP contribution in [0.3, 0.4) is 0 Å². The average molecular weight is 286 g/mol. The number of hydrogen-bond donors (Lipinski definition) is 0. The highest BCUT2D eigenvalue weighted by atomic mass is 19.4. The van der Waals surface area contributed by atoms with Crippen LogP contribution in [0.5, 0.6) is 5.75 Å². The van der Waals surface area contributed by atoms with Crippen LogP contribution in [-0.4, -0.2) is 18.6 Å². The maximum Gasteiger partial charge on any atom is 0.422 e. The Bertz CT molecular complexity index is 475. The minimum Gasteiger partial charge on any atom is -0.483 e. The van der Waals surface area contributed by atoms with Crippen LogP contribution in [0.1, 0.15) is 22.8 Å². The van der Waals surface area contributed by atoms with Crippen molar-refractivity contribution in [3.05, 3.63) is 29.3 Å². The van der Waals surface area contributed by atoms with E-state index in [-0.39, 0.29) is 5.56 Å². The molecule has 0 N–H and O–H groups in total. The van der Waals surface area contributed by atoms with Crippen molar-refractivity contribution in [1.29, 1.82) is 0 Å². The van der Waals surface area contributed by atoms with Gasteiger partial charge in [-0.2, -0.15) is 26.3 Å². The summed E-state index contributed by atoms with van der Waals surface area (Å²) >= 11 is 0. The van der Waals surface area contributed by atoms with Crippen LogP contribution in [0, 0.1) is 0 Å². The summed E-state index contributed by atoms with van der Waals surface area (Å²) in [4.78, 5) is 11.0. The fourth-order valence-electron chi connectivity index (χ4n) is 1.25. The van der Waals surface area contributed by atoms with Gasteiger partial charge in [0.2, 0.25) is 0 Å². The second-order valence-electron chi connectivity index (χ2n) is 3.67. The largest absolute Gasteiger partial charge is 0.483 e. The van der Waals surface area contributed by atoms with Gasteiger partial charge in [0.05, 0.1) is 5.56 Å². The Labute approximate surface area is 104 Å². The molecule has 1 rings (SSSR count). The number of ether oxygens (including phenoxy) is 1. The molecule has 19 heavy (non-hydrogen) atoms. The first kappa shape index (κ1) is 15.3. The molecule has 0 atom stereocenters. The number of ketones is 1. The molecule has 0 unspecified atom stereocenters. The zero-order valence-electron chi connectivity index (χ0n) is 9.52. The van der Waals surface area contributed by atoms with Gasteiger partial charge in [0, 0.05) is 5.56 Å². The monoisotopic (exact) mass is 286 g/mol. The summed E-state index contributed by atoms with van der Waals surface area (Å²) in [7, 11) is 0. The minimum atomic E-state index is -4.86. The third-order valence-corrected chi connectivity index (χ3v) is 2.08. The van der Waals surface area contributed by atoms with E-state index in [1.54, 1.807) is 0 Å². The highest BCUT2D eigenvalue weighted by Crippen LogP contribution is 2.37. The molecule has 8 heteroatoms. The van der Waals surface area contributed by atoms with Gasteiger partial charge in [-0.05, 0) is 19.1 Å². The molecule has 0 aliphatic carbocycles. The zero-order valence-corrected chi connectivity index (χ0v) is 9.52. The van der Waals surface area contributed by atoms with Crippen LogP contribution < -0.4 is 4.74 Å². The second-order valence-corrected chi connectivity index (χ2v) is 3.67. The van der Waals surface area contributed by atoms with Gasteiger partial charge in [0.1, 0.15) is 5.75 Å². The molecule has 0 heterocycles. The lowest BCUT2D eigenvalue weighted by molar-refractivity contribution is -0.158. The Morgan fingerprint density at radius 2 is 1.74 bits per heavy atom. The Kier molecular flexibility index (Phi) is 4.12. The molecule has 0 amide bonds. The summed E-state index contributed by atoms with van der Waals surface area (Å²) in [6.45, 7) is -0.784. The van der Waals surface area contributed by atoms with Crippen LogP contribution in [0.2, 0.25) is 0 Å². The summed E-state index contributed by atoms with van der Waals surface area (Å²) in [6.07, 6.45) is -9.63. The van der Waals surface area contributed by atoms with E-state index in [9.17, 15) is 31.1 Å². The van der Waals surface area contributed by atoms with Crippen LogP contribution >= 0.6 is 0 Å². The number of alkyl halides is 6. The SMILES string of the molecule is CC(=O)c1ccc(C(F)(F)F)c(OCC(F)(F)F)c1. The first-order valence-electron chi connectivity index (χ1n) is 4.92. The Hall–Kier alpha value is -1.73. The molecular weight excluding hydrogens is 278 g/mol. The minimum absolute atomic E-state index is 0.162. The maximum atomic E-state index is 12.6. The van der Waals surface area contributed by atoms with Crippen molar-refractivity contribution >= 4 is 5.78 Å². The van der Waals surface area contributed by atoms with Crippen LogP contribution in [-0.2, 0) is 6.18 Å². The summed E-state index contributed by atoms with van der Waals surface area (Å²) in [5, 5.41) is 0. The molecule has 106 valence electrons. The first-order valence-corrected chi connectivity index (χ1v) is 4.92. The second kappa shape index (κ2) is 5.10. The lowest BCUT2D eigenvalue weighted by atomic mass is 10.1. The van der Waals surface area contributed by atoms with E-state index in [1.807, 2.05) is 0 Å². The van der Waals surface area contributed by atoms with Crippen LogP contribution in [0.15, 0.2) is 18.2 Å². The van der Waals surface area contributed by atoms with Crippen LogP contribution in [0.4, 0.5) is 26.3 Å². The topological polar surface area (TPSA) is 26.3 Å². The first-order chi connectivity index (χ1) is 8.50. The normalized spacial score (nSPS) is 12.4. The van der Waals surface area contributed by atoms with Crippen molar-refractivity contribution in [1.82, 2.24) is 0 Å². The van der Waals surface area contributed by atoms with Gasteiger partial charge in [-0.25, -0.2) is 0 Å². The highest BCUT2D eigenvalue weighted by Gasteiger charge is 2.36. The van der Waals surface area contributed by atoms with Crippen molar-refractivity contribution in [3.8, 4) is 5.75 Å². The van der Waals surface area contributed by atoms with Gasteiger partial charge in [0.25, 0.3) is 0 Å². The fourth-order valence-corrected chi connectivity index (χ4v) is 1.25. The number of benzene rings is 1. The molecule has 0 radical (unpaired) electrons. The van der Waals surface area contributed by atoms with Gasteiger partial charge < -0.3 is 4.74 Å². The van der Waals surface area contributed by atoms with Gasteiger partial charge in [0.15, 0.2) is 12.4 Å². The zero-order chi connectivity index (χ0) is 14.8. The lowest BCUT2D eigenvalue weighted by Gasteiger charge is -2.15. The Balaban J connectivity index is 3.15. The molecule has 0 aliphatic rings. The van der Waals surface area contributed by atoms with Gasteiger partial charge in [-0.3, -0.25) is 4.79 Å². The summed E-state index contributed by atoms with van der Waals surface area (Å²) in [5.74, 6) is -1.59. The fraction of sp³-hybridized carbons (Fsp3) is 0.364. The van der Waals surface area contributed by atoms with Crippen molar-refractivity contribution in [2.24, 2.45) is 0 Å². The van der Waals surface area contributed by atoms with Gasteiger partial charge >= 0.3 is 12.4 Å². The van der Waals surface area contributed by atoms with E-state index in [0.717, 1.165) is 13.0 Å². The van der Waals surface area contributed by atoms with E-state index >= 15 is 0 Å². The molecule has 2 nitrogen and oxygen atoms in total.